The fourth-order valence-electron chi connectivity index (χ4n) is 1.67. The van der Waals surface area contributed by atoms with Crippen LogP contribution in [0.1, 0.15) is 0 Å². The number of halogens is 2. The molecule has 0 aliphatic heterocycles. The van der Waals surface area contributed by atoms with Crippen molar-refractivity contribution in [2.75, 3.05) is 23.7 Å². The maximum absolute atomic E-state index is 13.2. The molecule has 0 unspecified atom stereocenters. The Morgan fingerprint density at radius 2 is 1.60 bits per heavy atom. The Bertz CT molecular complexity index is 563. The Hall–Kier alpha value is -1.43. The van der Waals surface area contributed by atoms with Gasteiger partial charge in [-0.15, -0.1) is 0 Å². The molecule has 106 valence electrons. The molecule has 0 aliphatic rings. The van der Waals surface area contributed by atoms with E-state index in [9.17, 15) is 4.39 Å². The van der Waals surface area contributed by atoms with Gasteiger partial charge in [0.25, 0.3) is 0 Å². The first kappa shape index (κ1) is 15.0. The number of nitrogens with one attached hydrogen (secondary N) is 2. The van der Waals surface area contributed by atoms with E-state index in [-0.39, 0.29) is 5.02 Å². The highest BCUT2D eigenvalue weighted by Crippen LogP contribution is 2.18. The molecule has 4 N–H and O–H groups in total. The average molecular weight is 312 g/mol. The molecule has 2 aromatic rings. The van der Waals surface area contributed by atoms with Crippen LogP contribution in [0.25, 0.3) is 0 Å². The lowest BCUT2D eigenvalue weighted by Crippen LogP contribution is -2.13. The maximum Gasteiger partial charge on any atom is 0.143 e. The fourth-order valence-corrected chi connectivity index (χ4v) is 2.08. The molecule has 0 heterocycles. The predicted molar refractivity (Wildman–Crippen MR) is 84.9 cm³/mol. The SMILES string of the molecule is NSc1ccc(NCCNc2ccc(Cl)c(F)c2)cc1. The molecular formula is C14H15ClFN3S. The van der Waals surface area contributed by atoms with Gasteiger partial charge in [0.15, 0.2) is 0 Å². The van der Waals surface area contributed by atoms with Crippen molar-refractivity contribution >= 4 is 34.9 Å². The minimum absolute atomic E-state index is 0.131. The van der Waals surface area contributed by atoms with Gasteiger partial charge in [0.2, 0.25) is 0 Å². The number of anilines is 2. The van der Waals surface area contributed by atoms with E-state index in [1.165, 1.54) is 24.1 Å². The Kier molecular flexibility index (Phi) is 5.52. The van der Waals surface area contributed by atoms with E-state index in [1.807, 2.05) is 24.3 Å². The molecule has 6 heteroatoms. The van der Waals surface area contributed by atoms with Gasteiger partial charge in [-0.1, -0.05) is 11.6 Å². The minimum Gasteiger partial charge on any atom is -0.383 e. The largest absolute Gasteiger partial charge is 0.383 e. The molecule has 0 saturated carbocycles. The maximum atomic E-state index is 13.2. The van der Waals surface area contributed by atoms with Crippen LogP contribution in [0.2, 0.25) is 5.02 Å². The summed E-state index contributed by atoms with van der Waals surface area (Å²) in [7, 11) is 0. The lowest BCUT2D eigenvalue weighted by molar-refractivity contribution is 0.628. The van der Waals surface area contributed by atoms with E-state index >= 15 is 0 Å². The van der Waals surface area contributed by atoms with E-state index in [2.05, 4.69) is 10.6 Å². The van der Waals surface area contributed by atoms with Crippen molar-refractivity contribution in [1.82, 2.24) is 0 Å². The van der Waals surface area contributed by atoms with E-state index in [4.69, 9.17) is 16.7 Å². The fraction of sp³-hybridized carbons (Fsp3) is 0.143. The Morgan fingerprint density at radius 3 is 2.20 bits per heavy atom. The van der Waals surface area contributed by atoms with Crippen molar-refractivity contribution in [3.63, 3.8) is 0 Å². The third-order valence-electron chi connectivity index (χ3n) is 2.69. The van der Waals surface area contributed by atoms with Crippen molar-refractivity contribution in [3.8, 4) is 0 Å². The van der Waals surface area contributed by atoms with Crippen molar-refractivity contribution in [3.05, 3.63) is 53.3 Å². The normalized spacial score (nSPS) is 10.3. The van der Waals surface area contributed by atoms with Gasteiger partial charge in [0, 0.05) is 29.4 Å². The Morgan fingerprint density at radius 1 is 1.00 bits per heavy atom. The van der Waals surface area contributed by atoms with Crippen LogP contribution in [0.4, 0.5) is 15.8 Å². The minimum atomic E-state index is -0.417. The van der Waals surface area contributed by atoms with Gasteiger partial charge >= 0.3 is 0 Å². The topological polar surface area (TPSA) is 50.1 Å². The molecular weight excluding hydrogens is 297 g/mol. The molecule has 0 aromatic heterocycles. The molecule has 20 heavy (non-hydrogen) atoms. The number of benzene rings is 2. The van der Waals surface area contributed by atoms with E-state index in [0.717, 1.165) is 17.1 Å². The van der Waals surface area contributed by atoms with Gasteiger partial charge in [-0.25, -0.2) is 4.39 Å². The third kappa shape index (κ3) is 4.30. The van der Waals surface area contributed by atoms with Crippen LogP contribution < -0.4 is 15.8 Å². The summed E-state index contributed by atoms with van der Waals surface area (Å²) < 4.78 is 13.2. The van der Waals surface area contributed by atoms with Crippen molar-refractivity contribution in [2.45, 2.75) is 4.90 Å². The lowest BCUT2D eigenvalue weighted by atomic mass is 10.3. The molecule has 0 atom stereocenters. The van der Waals surface area contributed by atoms with Crippen molar-refractivity contribution < 1.29 is 4.39 Å². The first-order chi connectivity index (χ1) is 9.69. The summed E-state index contributed by atoms with van der Waals surface area (Å²) in [6.45, 7) is 1.40. The van der Waals surface area contributed by atoms with Gasteiger partial charge in [-0.05, 0) is 54.4 Å². The van der Waals surface area contributed by atoms with Crippen molar-refractivity contribution in [1.29, 1.82) is 0 Å². The summed E-state index contributed by atoms with van der Waals surface area (Å²) in [4.78, 5) is 1.02. The molecule has 3 nitrogen and oxygen atoms in total. The van der Waals surface area contributed by atoms with Crippen LogP contribution in [-0.4, -0.2) is 13.1 Å². The van der Waals surface area contributed by atoms with Crippen LogP contribution in [-0.2, 0) is 0 Å². The van der Waals surface area contributed by atoms with E-state index < -0.39 is 5.82 Å². The Labute approximate surface area is 126 Å². The standard InChI is InChI=1S/C14H15ClFN3S/c15-13-6-3-11(9-14(13)16)19-8-7-18-10-1-4-12(20-17)5-2-10/h1-6,9,18-19H,7-8,17H2. The van der Waals surface area contributed by atoms with Crippen LogP contribution in [0.15, 0.2) is 47.4 Å². The Balaban J connectivity index is 1.76. The summed E-state index contributed by atoms with van der Waals surface area (Å²) in [5, 5.41) is 12.0. The number of hydrogen-bond donors (Lipinski definition) is 3. The summed E-state index contributed by atoms with van der Waals surface area (Å²) in [6.07, 6.45) is 0. The molecule has 0 bridgehead atoms. The van der Waals surface area contributed by atoms with Crippen LogP contribution in [0.5, 0.6) is 0 Å². The molecule has 0 fully saturated rings. The number of hydrogen-bond acceptors (Lipinski definition) is 4. The van der Waals surface area contributed by atoms with Crippen molar-refractivity contribution in [2.24, 2.45) is 5.14 Å². The van der Waals surface area contributed by atoms with Gasteiger partial charge in [-0.3, -0.25) is 5.14 Å². The van der Waals surface area contributed by atoms with Gasteiger partial charge in [-0.2, -0.15) is 0 Å². The molecule has 0 spiro atoms. The van der Waals surface area contributed by atoms with E-state index in [0.29, 0.717) is 12.2 Å². The van der Waals surface area contributed by atoms with Crippen LogP contribution >= 0.6 is 23.5 Å². The number of nitrogens with two attached hydrogens (primary N) is 1. The monoisotopic (exact) mass is 311 g/mol. The van der Waals surface area contributed by atoms with E-state index in [1.54, 1.807) is 6.07 Å². The van der Waals surface area contributed by atoms with Crippen LogP contribution in [0.3, 0.4) is 0 Å². The first-order valence-corrected chi connectivity index (χ1v) is 7.34. The number of rotatable bonds is 6. The second kappa shape index (κ2) is 7.38. The van der Waals surface area contributed by atoms with Gasteiger partial charge in [0.05, 0.1) is 5.02 Å². The highest BCUT2D eigenvalue weighted by atomic mass is 35.5. The third-order valence-corrected chi connectivity index (χ3v) is 3.54. The second-order valence-electron chi connectivity index (χ2n) is 4.12. The quantitative estimate of drug-likeness (QED) is 0.558. The molecule has 0 aliphatic carbocycles. The summed E-state index contributed by atoms with van der Waals surface area (Å²) in [5.74, 6) is -0.417. The highest BCUT2D eigenvalue weighted by Gasteiger charge is 2.00. The van der Waals surface area contributed by atoms with Gasteiger partial charge < -0.3 is 10.6 Å². The average Bonchev–Trinajstić information content (AvgIpc) is 2.48. The molecule has 0 saturated heterocycles. The summed E-state index contributed by atoms with van der Waals surface area (Å²) in [5.41, 5.74) is 1.73. The molecule has 2 aromatic carbocycles. The zero-order valence-electron chi connectivity index (χ0n) is 10.7. The van der Waals surface area contributed by atoms with Gasteiger partial charge in [0.1, 0.15) is 5.82 Å². The highest BCUT2D eigenvalue weighted by molar-refractivity contribution is 7.97. The molecule has 0 radical (unpaired) electrons. The predicted octanol–water partition coefficient (Wildman–Crippen LogP) is 3.97. The zero-order chi connectivity index (χ0) is 14.4. The lowest BCUT2D eigenvalue weighted by Gasteiger charge is -2.09. The zero-order valence-corrected chi connectivity index (χ0v) is 12.3. The van der Waals surface area contributed by atoms with Crippen LogP contribution in [0, 0.1) is 5.82 Å². The second-order valence-corrected chi connectivity index (χ2v) is 5.24. The molecule has 0 amide bonds. The summed E-state index contributed by atoms with van der Waals surface area (Å²) >= 11 is 6.84. The molecule has 2 rings (SSSR count). The first-order valence-electron chi connectivity index (χ1n) is 6.08. The smallest absolute Gasteiger partial charge is 0.143 e. The summed E-state index contributed by atoms with van der Waals surface area (Å²) in [6, 6.07) is 12.5.